The van der Waals surface area contributed by atoms with Crippen molar-refractivity contribution in [2.45, 2.75) is 51.7 Å². The lowest BCUT2D eigenvalue weighted by molar-refractivity contribution is -0.130. The van der Waals surface area contributed by atoms with Crippen LogP contribution in [-0.4, -0.2) is 42.2 Å². The summed E-state index contributed by atoms with van der Waals surface area (Å²) in [6.45, 7) is 7.30. The SMILES string of the molecule is CC(C)(C)CCNNC(=O)[C@@]1(Cc2ccccc2N=[N+]=[N-])N=C(c2ccc(OCCCO)cc2)O[C@H]1c1ccc(Cl)cc1Cl. The van der Waals surface area contributed by atoms with Gasteiger partial charge in [-0.3, -0.25) is 10.2 Å². The molecule has 0 fully saturated rings. The lowest BCUT2D eigenvalue weighted by Gasteiger charge is -2.32. The number of nitrogens with zero attached hydrogens (tertiary/aromatic N) is 4. The van der Waals surface area contributed by atoms with Crippen LogP contribution in [-0.2, 0) is 16.0 Å². The number of carbonyl (C=O) groups is 1. The van der Waals surface area contributed by atoms with Crippen LogP contribution in [0.25, 0.3) is 10.4 Å². The van der Waals surface area contributed by atoms with E-state index in [0.29, 0.717) is 57.7 Å². The third-order valence-electron chi connectivity index (χ3n) is 7.08. The topological polar surface area (TPSA) is 141 Å². The third-order valence-corrected chi connectivity index (χ3v) is 7.64. The summed E-state index contributed by atoms with van der Waals surface area (Å²) in [7, 11) is 0. The number of azide groups is 1. The molecule has 3 aromatic rings. The average molecular weight is 640 g/mol. The minimum absolute atomic E-state index is 0.0322. The molecule has 3 aromatic carbocycles. The highest BCUT2D eigenvalue weighted by molar-refractivity contribution is 6.35. The van der Waals surface area contributed by atoms with Gasteiger partial charge in [-0.2, -0.15) is 0 Å². The highest BCUT2D eigenvalue weighted by Gasteiger charge is 2.54. The average Bonchev–Trinajstić information content (AvgIpc) is 3.36. The van der Waals surface area contributed by atoms with Gasteiger partial charge in [-0.05, 0) is 59.3 Å². The zero-order valence-corrected chi connectivity index (χ0v) is 26.4. The van der Waals surface area contributed by atoms with E-state index >= 15 is 0 Å². The summed E-state index contributed by atoms with van der Waals surface area (Å²) in [6, 6.07) is 19.2. The van der Waals surface area contributed by atoms with Crippen molar-refractivity contribution in [2.75, 3.05) is 19.8 Å². The van der Waals surface area contributed by atoms with E-state index in [1.807, 2.05) is 0 Å². The van der Waals surface area contributed by atoms with E-state index in [0.717, 1.165) is 6.42 Å². The van der Waals surface area contributed by atoms with Crippen LogP contribution in [0.4, 0.5) is 5.69 Å². The summed E-state index contributed by atoms with van der Waals surface area (Å²) in [4.78, 5) is 22.3. The number of amides is 1. The first kappa shape index (κ1) is 33.1. The fraction of sp³-hybridized carbons (Fsp3) is 0.375. The van der Waals surface area contributed by atoms with Crippen molar-refractivity contribution in [3.05, 3.63) is 104 Å². The number of carbonyl (C=O) groups excluding carboxylic acids is 1. The summed E-state index contributed by atoms with van der Waals surface area (Å²) in [6.07, 6.45) is 0.389. The minimum atomic E-state index is -1.57. The van der Waals surface area contributed by atoms with Crippen molar-refractivity contribution in [3.63, 3.8) is 0 Å². The standard InChI is InChI=1S/C32H36Cl2N6O4/c1-31(2,3)15-16-36-39-30(42)32(20-22-7-4-5-8-27(22)38-40-35)28(25-14-11-23(33)19-26(25)34)44-29(37-32)21-9-12-24(13-10-21)43-18-6-17-41/h4-5,7-14,19,28,36,41H,6,15-18,20H2,1-3H3,(H,39,42)/t28-,32-/m0/s1. The first-order valence-corrected chi connectivity index (χ1v) is 15.0. The first-order chi connectivity index (χ1) is 21.1. The van der Waals surface area contributed by atoms with Crippen LogP contribution in [0.15, 0.2) is 76.8 Å². The number of nitrogens with one attached hydrogen (secondary N) is 2. The van der Waals surface area contributed by atoms with E-state index in [9.17, 15) is 10.3 Å². The molecule has 12 heteroatoms. The van der Waals surface area contributed by atoms with Crippen LogP contribution in [0.3, 0.4) is 0 Å². The molecule has 0 spiro atoms. The van der Waals surface area contributed by atoms with E-state index in [-0.39, 0.29) is 24.3 Å². The lowest BCUT2D eigenvalue weighted by atomic mass is 9.81. The van der Waals surface area contributed by atoms with Crippen molar-refractivity contribution in [1.29, 1.82) is 0 Å². The molecule has 1 aliphatic rings. The number of rotatable bonds is 13. The highest BCUT2D eigenvalue weighted by atomic mass is 35.5. The molecule has 0 saturated carbocycles. The van der Waals surface area contributed by atoms with Crippen LogP contribution >= 0.6 is 23.2 Å². The second-order valence-corrected chi connectivity index (χ2v) is 12.5. The Morgan fingerprint density at radius 2 is 1.91 bits per heavy atom. The van der Waals surface area contributed by atoms with Crippen LogP contribution in [0, 0.1) is 5.41 Å². The van der Waals surface area contributed by atoms with Crippen molar-refractivity contribution in [1.82, 2.24) is 10.9 Å². The van der Waals surface area contributed by atoms with E-state index < -0.39 is 17.6 Å². The van der Waals surface area contributed by atoms with Crippen molar-refractivity contribution < 1.29 is 19.4 Å². The van der Waals surface area contributed by atoms with E-state index in [4.69, 9.17) is 42.8 Å². The Hall–Kier alpha value is -3.79. The van der Waals surface area contributed by atoms with Gasteiger partial charge in [-0.1, -0.05) is 79.4 Å². The van der Waals surface area contributed by atoms with Crippen LogP contribution in [0.1, 0.15) is 56.4 Å². The van der Waals surface area contributed by atoms with Gasteiger partial charge in [-0.15, -0.1) is 0 Å². The maximum absolute atomic E-state index is 14.3. The van der Waals surface area contributed by atoms with E-state index in [1.54, 1.807) is 66.7 Å². The zero-order valence-electron chi connectivity index (χ0n) is 24.9. The number of aliphatic hydroxyl groups is 1. The van der Waals surface area contributed by atoms with Gasteiger partial charge < -0.3 is 14.6 Å². The third kappa shape index (κ3) is 8.22. The molecule has 0 unspecified atom stereocenters. The quantitative estimate of drug-likeness (QED) is 0.0594. The molecule has 0 saturated heterocycles. The first-order valence-electron chi connectivity index (χ1n) is 14.3. The fourth-order valence-corrected chi connectivity index (χ4v) is 5.27. The molecular formula is C32H36Cl2N6O4. The van der Waals surface area contributed by atoms with E-state index in [2.05, 4.69) is 41.6 Å². The number of hydrazine groups is 1. The molecule has 0 aliphatic carbocycles. The molecule has 0 aromatic heterocycles. The van der Waals surface area contributed by atoms with Gasteiger partial charge in [0.1, 0.15) is 5.75 Å². The Kier molecular flexibility index (Phi) is 11.1. The van der Waals surface area contributed by atoms with Gasteiger partial charge in [-0.25, -0.2) is 10.4 Å². The Morgan fingerprint density at radius 3 is 2.59 bits per heavy atom. The normalized spacial score (nSPS) is 17.8. The molecule has 44 heavy (non-hydrogen) atoms. The summed E-state index contributed by atoms with van der Waals surface area (Å²) in [5.74, 6) is 0.402. The van der Waals surface area contributed by atoms with Crippen LogP contribution in [0.5, 0.6) is 5.75 Å². The highest BCUT2D eigenvalue weighted by Crippen LogP contribution is 2.46. The van der Waals surface area contributed by atoms with Gasteiger partial charge in [0.25, 0.3) is 5.91 Å². The number of benzene rings is 3. The molecule has 4 rings (SSSR count). The number of hydrogen-bond donors (Lipinski definition) is 3. The molecule has 1 aliphatic heterocycles. The Balaban J connectivity index is 1.81. The predicted molar refractivity (Wildman–Crippen MR) is 172 cm³/mol. The van der Waals surface area contributed by atoms with E-state index in [1.165, 1.54) is 0 Å². The molecule has 3 N–H and O–H groups in total. The summed E-state index contributed by atoms with van der Waals surface area (Å²) in [5, 5.41) is 13.6. The largest absolute Gasteiger partial charge is 0.494 e. The van der Waals surface area contributed by atoms with Crippen molar-refractivity contribution >= 4 is 40.7 Å². The Morgan fingerprint density at radius 1 is 1.16 bits per heavy atom. The van der Waals surface area contributed by atoms with Gasteiger partial charge in [0, 0.05) is 57.8 Å². The van der Waals surface area contributed by atoms with Gasteiger partial charge >= 0.3 is 0 Å². The molecule has 0 radical (unpaired) electrons. The second kappa shape index (κ2) is 14.8. The molecule has 10 nitrogen and oxygen atoms in total. The molecule has 1 amide bonds. The smallest absolute Gasteiger partial charge is 0.266 e. The van der Waals surface area contributed by atoms with Gasteiger partial charge in [0.15, 0.2) is 11.6 Å². The molecular weight excluding hydrogens is 603 g/mol. The second-order valence-electron chi connectivity index (χ2n) is 11.6. The number of ether oxygens (including phenoxy) is 2. The number of aliphatic hydroxyl groups excluding tert-OH is 1. The summed E-state index contributed by atoms with van der Waals surface area (Å²) < 4.78 is 12.2. The van der Waals surface area contributed by atoms with Crippen molar-refractivity contribution in [3.8, 4) is 5.75 Å². The van der Waals surface area contributed by atoms with Crippen LogP contribution < -0.4 is 15.6 Å². The Bertz CT molecular complexity index is 1540. The van der Waals surface area contributed by atoms with Gasteiger partial charge in [0.05, 0.1) is 6.61 Å². The summed E-state index contributed by atoms with van der Waals surface area (Å²) >= 11 is 12.9. The lowest BCUT2D eigenvalue weighted by Crippen LogP contribution is -2.54. The number of halogens is 2. The molecule has 2 atom stereocenters. The number of aliphatic imine (C=N–C) groups is 1. The van der Waals surface area contributed by atoms with Crippen molar-refractivity contribution in [2.24, 2.45) is 15.5 Å². The van der Waals surface area contributed by atoms with Crippen LogP contribution in [0.2, 0.25) is 10.0 Å². The fourth-order valence-electron chi connectivity index (χ4n) is 4.76. The minimum Gasteiger partial charge on any atom is -0.494 e. The maximum atomic E-state index is 14.3. The Labute approximate surface area is 267 Å². The molecule has 1 heterocycles. The summed E-state index contributed by atoms with van der Waals surface area (Å²) in [5.41, 5.74) is 15.7. The number of hydrogen-bond acceptors (Lipinski definition) is 7. The maximum Gasteiger partial charge on any atom is 0.266 e. The predicted octanol–water partition coefficient (Wildman–Crippen LogP) is 7.25. The zero-order chi connectivity index (χ0) is 31.7. The van der Waals surface area contributed by atoms with Gasteiger partial charge in [0.2, 0.25) is 5.90 Å². The molecule has 0 bridgehead atoms. The monoisotopic (exact) mass is 638 g/mol. The molecule has 232 valence electrons.